The monoisotopic (exact) mass is 956 g/mol. The van der Waals surface area contributed by atoms with Crippen molar-refractivity contribution in [3.8, 4) is 45.6 Å². The van der Waals surface area contributed by atoms with Crippen LogP contribution in [0.1, 0.15) is 83.2 Å². The summed E-state index contributed by atoms with van der Waals surface area (Å²) < 4.78 is 39.2. The maximum absolute atomic E-state index is 13.2. The first kappa shape index (κ1) is 50.1. The number of carbonyl (C=O) groups is 5. The standard InChI is InChI=1S/C57H52N2O12/c1-7-66-37(4)30-31-67-47-25-28-50(52(34-47)65-6)53(60)59-44-19-10-39(11-20-44)55(62)69-46-23-14-41(15-24-46)57(64)71-51-29-16-42(32-36(51)3)49-27-26-48(33-35(49)2)70-56(63)40-12-21-45(22-13-40)68-54(61)38-8-17-43(58-5)18-9-38/h8-29,32-34,37,58H,7,30-31H2,1-6H3,(H,59,60). The minimum absolute atomic E-state index is 0.0686. The lowest BCUT2D eigenvalue weighted by atomic mass is 9.98. The molecule has 0 aromatic heterocycles. The zero-order valence-electron chi connectivity index (χ0n) is 40.0. The molecule has 0 bridgehead atoms. The number of nitrogens with one attached hydrogen (secondary N) is 2. The summed E-state index contributed by atoms with van der Waals surface area (Å²) in [6.07, 6.45) is 0.784. The summed E-state index contributed by atoms with van der Waals surface area (Å²) in [5, 5.41) is 5.81. The van der Waals surface area contributed by atoms with E-state index in [4.69, 9.17) is 33.2 Å². The number of ether oxygens (including phenoxy) is 7. The third-order valence-corrected chi connectivity index (χ3v) is 11.1. The second-order valence-corrected chi connectivity index (χ2v) is 16.2. The average molecular weight is 957 g/mol. The third kappa shape index (κ3) is 13.3. The number of benzene rings is 7. The number of anilines is 2. The molecule has 7 aromatic carbocycles. The van der Waals surface area contributed by atoms with Crippen LogP contribution in [0.5, 0.6) is 34.5 Å². The molecular weight excluding hydrogens is 905 g/mol. The van der Waals surface area contributed by atoms with Gasteiger partial charge in [0.2, 0.25) is 0 Å². The second kappa shape index (κ2) is 23.5. The van der Waals surface area contributed by atoms with Crippen LogP contribution in [0.15, 0.2) is 152 Å². The van der Waals surface area contributed by atoms with Crippen molar-refractivity contribution in [2.75, 3.05) is 38.0 Å². The average Bonchev–Trinajstić information content (AvgIpc) is 3.37. The number of esters is 4. The Morgan fingerprint density at radius 2 is 1.03 bits per heavy atom. The number of hydrogen-bond donors (Lipinski definition) is 2. The molecule has 0 heterocycles. The van der Waals surface area contributed by atoms with E-state index in [1.54, 1.807) is 79.8 Å². The molecule has 71 heavy (non-hydrogen) atoms. The zero-order valence-corrected chi connectivity index (χ0v) is 40.0. The summed E-state index contributed by atoms with van der Waals surface area (Å²) in [5.74, 6) is -0.613. The van der Waals surface area contributed by atoms with Crippen molar-refractivity contribution in [3.63, 3.8) is 0 Å². The number of aryl methyl sites for hydroxylation is 2. The molecule has 2 N–H and O–H groups in total. The fraction of sp³-hybridized carbons (Fsp3) is 0.175. The topological polar surface area (TPSA) is 174 Å². The molecule has 14 heteroatoms. The highest BCUT2D eigenvalue weighted by Gasteiger charge is 2.18. The molecule has 0 radical (unpaired) electrons. The van der Waals surface area contributed by atoms with Crippen LogP contribution in [0.3, 0.4) is 0 Å². The van der Waals surface area contributed by atoms with Crippen LogP contribution in [-0.4, -0.2) is 63.3 Å². The van der Waals surface area contributed by atoms with Gasteiger partial charge in [-0.1, -0.05) is 12.1 Å². The van der Waals surface area contributed by atoms with E-state index in [0.29, 0.717) is 65.0 Å². The highest BCUT2D eigenvalue weighted by Crippen LogP contribution is 2.32. The van der Waals surface area contributed by atoms with E-state index in [2.05, 4.69) is 10.6 Å². The fourth-order valence-electron chi connectivity index (χ4n) is 7.25. The molecule has 0 saturated heterocycles. The van der Waals surface area contributed by atoms with Gasteiger partial charge in [0.1, 0.15) is 34.5 Å². The summed E-state index contributed by atoms with van der Waals surface area (Å²) in [6, 6.07) is 40.9. The maximum atomic E-state index is 13.2. The van der Waals surface area contributed by atoms with Crippen LogP contribution in [0.2, 0.25) is 0 Å². The Kier molecular flexibility index (Phi) is 16.6. The minimum Gasteiger partial charge on any atom is -0.496 e. The van der Waals surface area contributed by atoms with Crippen LogP contribution in [0, 0.1) is 13.8 Å². The third-order valence-electron chi connectivity index (χ3n) is 11.1. The van der Waals surface area contributed by atoms with Gasteiger partial charge in [-0.05, 0) is 183 Å². The fourth-order valence-corrected chi connectivity index (χ4v) is 7.25. The summed E-state index contributed by atoms with van der Waals surface area (Å²) >= 11 is 0. The lowest BCUT2D eigenvalue weighted by Gasteiger charge is -2.14. The molecule has 7 rings (SSSR count). The van der Waals surface area contributed by atoms with Crippen molar-refractivity contribution in [3.05, 3.63) is 191 Å². The predicted octanol–water partition coefficient (Wildman–Crippen LogP) is 11.3. The Bertz CT molecular complexity index is 3020. The van der Waals surface area contributed by atoms with E-state index < -0.39 is 29.8 Å². The lowest BCUT2D eigenvalue weighted by molar-refractivity contribution is 0.0595. The highest BCUT2D eigenvalue weighted by molar-refractivity contribution is 6.06. The molecule has 7 aromatic rings. The Morgan fingerprint density at radius 3 is 1.55 bits per heavy atom. The van der Waals surface area contributed by atoms with Crippen molar-refractivity contribution in [2.24, 2.45) is 0 Å². The Labute approximate surface area is 411 Å². The molecule has 0 aliphatic heterocycles. The van der Waals surface area contributed by atoms with Crippen LogP contribution in [-0.2, 0) is 4.74 Å². The van der Waals surface area contributed by atoms with Gasteiger partial charge in [0.05, 0.1) is 47.6 Å². The van der Waals surface area contributed by atoms with Crippen molar-refractivity contribution in [1.82, 2.24) is 0 Å². The first-order valence-corrected chi connectivity index (χ1v) is 22.7. The molecule has 0 fully saturated rings. The van der Waals surface area contributed by atoms with E-state index in [9.17, 15) is 24.0 Å². The highest BCUT2D eigenvalue weighted by atomic mass is 16.5. The number of methoxy groups -OCH3 is 1. The summed E-state index contributed by atoms with van der Waals surface area (Å²) in [4.78, 5) is 64.8. The Hall–Kier alpha value is -8.75. The van der Waals surface area contributed by atoms with Gasteiger partial charge < -0.3 is 43.8 Å². The van der Waals surface area contributed by atoms with E-state index in [1.807, 2.05) is 45.9 Å². The second-order valence-electron chi connectivity index (χ2n) is 16.2. The first-order valence-electron chi connectivity index (χ1n) is 22.7. The van der Waals surface area contributed by atoms with Gasteiger partial charge in [-0.25, -0.2) is 19.2 Å². The van der Waals surface area contributed by atoms with Crippen molar-refractivity contribution >= 4 is 41.2 Å². The number of amides is 1. The number of rotatable bonds is 19. The molecule has 1 amide bonds. The summed E-state index contributed by atoms with van der Waals surface area (Å²) in [7, 11) is 3.26. The number of carbonyl (C=O) groups excluding carboxylic acids is 5. The molecule has 14 nitrogen and oxygen atoms in total. The predicted molar refractivity (Wildman–Crippen MR) is 269 cm³/mol. The van der Waals surface area contributed by atoms with Gasteiger partial charge in [-0.15, -0.1) is 0 Å². The van der Waals surface area contributed by atoms with Crippen molar-refractivity contribution in [2.45, 2.75) is 40.2 Å². The molecule has 362 valence electrons. The normalized spacial score (nSPS) is 11.1. The van der Waals surface area contributed by atoms with Gasteiger partial charge >= 0.3 is 23.9 Å². The molecule has 1 unspecified atom stereocenters. The maximum Gasteiger partial charge on any atom is 0.343 e. The van der Waals surface area contributed by atoms with E-state index >= 15 is 0 Å². The van der Waals surface area contributed by atoms with Gasteiger partial charge in [-0.2, -0.15) is 0 Å². The largest absolute Gasteiger partial charge is 0.496 e. The molecule has 0 aliphatic rings. The first-order chi connectivity index (χ1) is 34.3. The molecule has 0 aliphatic carbocycles. The van der Waals surface area contributed by atoms with Gasteiger partial charge in [0, 0.05) is 37.5 Å². The van der Waals surface area contributed by atoms with Crippen LogP contribution >= 0.6 is 0 Å². The van der Waals surface area contributed by atoms with Gasteiger partial charge in [0.15, 0.2) is 0 Å². The summed E-state index contributed by atoms with van der Waals surface area (Å²) in [5.41, 5.74) is 6.08. The quantitative estimate of drug-likeness (QED) is 0.0579. The Balaban J connectivity index is 0.879. The minimum atomic E-state index is -0.635. The van der Waals surface area contributed by atoms with Crippen molar-refractivity contribution in [1.29, 1.82) is 0 Å². The van der Waals surface area contributed by atoms with Crippen LogP contribution in [0.4, 0.5) is 11.4 Å². The Morgan fingerprint density at radius 1 is 0.521 bits per heavy atom. The van der Waals surface area contributed by atoms with E-state index in [-0.39, 0.29) is 34.3 Å². The van der Waals surface area contributed by atoms with Crippen LogP contribution in [0.25, 0.3) is 11.1 Å². The van der Waals surface area contributed by atoms with E-state index in [1.165, 1.54) is 67.8 Å². The van der Waals surface area contributed by atoms with Crippen molar-refractivity contribution < 1.29 is 57.1 Å². The smallest absolute Gasteiger partial charge is 0.343 e. The number of hydrogen-bond acceptors (Lipinski definition) is 13. The molecule has 1 atom stereocenters. The molecular formula is C57H52N2O12. The van der Waals surface area contributed by atoms with Gasteiger partial charge in [0.25, 0.3) is 5.91 Å². The molecule has 0 spiro atoms. The SMILES string of the molecule is CCOC(C)CCOc1ccc(C(=O)Nc2ccc(C(=O)Oc3ccc(C(=O)Oc4ccc(-c5ccc(OC(=O)c6ccc(OC(=O)c7ccc(NC)cc7)cc6)cc5C)cc4C)cc3)cc2)c(OC)c1. The summed E-state index contributed by atoms with van der Waals surface area (Å²) in [6.45, 7) is 8.73. The van der Waals surface area contributed by atoms with Crippen LogP contribution < -0.4 is 39.1 Å². The van der Waals surface area contributed by atoms with Gasteiger partial charge in [-0.3, -0.25) is 4.79 Å². The van der Waals surface area contributed by atoms with E-state index in [0.717, 1.165) is 22.4 Å². The molecule has 0 saturated carbocycles. The zero-order chi connectivity index (χ0) is 50.4. The lowest BCUT2D eigenvalue weighted by Crippen LogP contribution is -2.14.